The molecule has 0 radical (unpaired) electrons. The van der Waals surface area contributed by atoms with Crippen LogP contribution in [-0.4, -0.2) is 18.8 Å². The molecule has 1 aliphatic rings. The lowest BCUT2D eigenvalue weighted by molar-refractivity contribution is -0.153. The van der Waals surface area contributed by atoms with Crippen LogP contribution in [0.3, 0.4) is 0 Å². The Morgan fingerprint density at radius 3 is 2.61 bits per heavy atom. The molecule has 1 N–H and O–H groups in total. The van der Waals surface area contributed by atoms with Crippen LogP contribution in [-0.2, 0) is 6.54 Å². The largest absolute Gasteiger partial charge is 0.483 e. The summed E-state index contributed by atoms with van der Waals surface area (Å²) < 4.78 is 41.3. The summed E-state index contributed by atoms with van der Waals surface area (Å²) in [6.07, 6.45) is -1.91. The molecule has 6 heteroatoms. The highest BCUT2D eigenvalue weighted by atomic mass is 79.9. The molecule has 1 aliphatic carbocycles. The molecule has 0 bridgehead atoms. The highest BCUT2D eigenvalue weighted by molar-refractivity contribution is 9.10. The molecule has 0 atom stereocenters. The van der Waals surface area contributed by atoms with Gasteiger partial charge in [0.15, 0.2) is 6.61 Å². The molecule has 100 valence electrons. The van der Waals surface area contributed by atoms with E-state index in [4.69, 9.17) is 4.74 Å². The van der Waals surface area contributed by atoms with Gasteiger partial charge in [-0.25, -0.2) is 0 Å². The predicted molar refractivity (Wildman–Crippen MR) is 65.6 cm³/mol. The van der Waals surface area contributed by atoms with E-state index in [9.17, 15) is 13.2 Å². The van der Waals surface area contributed by atoms with E-state index in [-0.39, 0.29) is 5.75 Å². The Labute approximate surface area is 112 Å². The van der Waals surface area contributed by atoms with Crippen LogP contribution >= 0.6 is 15.9 Å². The first kappa shape index (κ1) is 13.7. The maximum Gasteiger partial charge on any atom is 0.422 e. The molecule has 0 spiro atoms. The lowest BCUT2D eigenvalue weighted by Crippen LogP contribution is -2.19. The van der Waals surface area contributed by atoms with Crippen molar-refractivity contribution < 1.29 is 17.9 Å². The first-order valence-corrected chi connectivity index (χ1v) is 6.45. The van der Waals surface area contributed by atoms with E-state index >= 15 is 0 Å². The van der Waals surface area contributed by atoms with E-state index in [0.717, 1.165) is 12.1 Å². The standard InChI is InChI=1S/C12H13BrF3NO/c13-10-5-8(6-17-9-2-3-9)1-4-11(10)18-7-12(14,15)16/h1,4-5,9,17H,2-3,6-7H2. The van der Waals surface area contributed by atoms with Crippen molar-refractivity contribution in [2.45, 2.75) is 31.6 Å². The van der Waals surface area contributed by atoms with Crippen LogP contribution in [0.15, 0.2) is 22.7 Å². The molecule has 1 aromatic carbocycles. The average Bonchev–Trinajstić information content (AvgIpc) is 3.07. The Balaban J connectivity index is 1.91. The summed E-state index contributed by atoms with van der Waals surface area (Å²) in [5, 5.41) is 3.33. The first-order chi connectivity index (χ1) is 8.44. The Bertz CT molecular complexity index is 418. The summed E-state index contributed by atoms with van der Waals surface area (Å²) in [5.74, 6) is 0.211. The molecule has 0 heterocycles. The molecule has 18 heavy (non-hydrogen) atoms. The Morgan fingerprint density at radius 2 is 2.06 bits per heavy atom. The van der Waals surface area contributed by atoms with E-state index in [1.54, 1.807) is 18.2 Å². The molecule has 0 amide bonds. The number of ether oxygens (including phenoxy) is 1. The van der Waals surface area contributed by atoms with Crippen LogP contribution in [0.4, 0.5) is 13.2 Å². The second-order valence-corrected chi connectivity index (χ2v) is 5.18. The molecule has 2 nitrogen and oxygen atoms in total. The van der Waals surface area contributed by atoms with Crippen molar-refractivity contribution in [1.29, 1.82) is 0 Å². The van der Waals surface area contributed by atoms with Gasteiger partial charge in [0.05, 0.1) is 4.47 Å². The third-order valence-corrected chi connectivity index (χ3v) is 3.18. The second kappa shape index (κ2) is 5.48. The molecule has 1 fully saturated rings. The molecular formula is C12H13BrF3NO. The molecular weight excluding hydrogens is 311 g/mol. The highest BCUT2D eigenvalue weighted by Crippen LogP contribution is 2.28. The van der Waals surface area contributed by atoms with Gasteiger partial charge in [-0.3, -0.25) is 0 Å². The number of hydrogen-bond acceptors (Lipinski definition) is 2. The Hall–Kier alpha value is -0.750. The van der Waals surface area contributed by atoms with Gasteiger partial charge < -0.3 is 10.1 Å². The molecule has 0 aromatic heterocycles. The summed E-state index contributed by atoms with van der Waals surface area (Å²) in [6, 6.07) is 5.71. The van der Waals surface area contributed by atoms with Crippen LogP contribution in [0.5, 0.6) is 5.75 Å². The lowest BCUT2D eigenvalue weighted by atomic mass is 10.2. The lowest BCUT2D eigenvalue weighted by Gasteiger charge is -2.11. The van der Waals surface area contributed by atoms with Crippen LogP contribution in [0, 0.1) is 0 Å². The quantitative estimate of drug-likeness (QED) is 0.893. The molecule has 0 unspecified atom stereocenters. The normalized spacial score (nSPS) is 15.8. The summed E-state index contributed by atoms with van der Waals surface area (Å²) in [6.45, 7) is -0.548. The SMILES string of the molecule is FC(F)(F)COc1ccc(CNC2CC2)cc1Br. The molecule has 1 aromatic rings. The van der Waals surface area contributed by atoms with E-state index in [1.807, 2.05) is 0 Å². The maximum absolute atomic E-state index is 12.0. The van der Waals surface area contributed by atoms with Gasteiger partial charge in [-0.05, 0) is 46.5 Å². The zero-order valence-electron chi connectivity index (χ0n) is 9.56. The van der Waals surface area contributed by atoms with Crippen LogP contribution in [0.2, 0.25) is 0 Å². The minimum atomic E-state index is -4.31. The van der Waals surface area contributed by atoms with Crippen molar-refractivity contribution in [3.05, 3.63) is 28.2 Å². The van der Waals surface area contributed by atoms with Crippen molar-refractivity contribution in [3.63, 3.8) is 0 Å². The predicted octanol–water partition coefficient (Wildman–Crippen LogP) is 3.64. The third kappa shape index (κ3) is 4.49. The van der Waals surface area contributed by atoms with Gasteiger partial charge in [-0.2, -0.15) is 13.2 Å². The summed E-state index contributed by atoms with van der Waals surface area (Å²) in [5.41, 5.74) is 1.02. The Kier molecular flexibility index (Phi) is 4.17. The van der Waals surface area contributed by atoms with Gasteiger partial charge in [0.25, 0.3) is 0 Å². The fraction of sp³-hybridized carbons (Fsp3) is 0.500. The van der Waals surface area contributed by atoms with Crippen LogP contribution in [0.1, 0.15) is 18.4 Å². The number of nitrogens with one attached hydrogen (secondary N) is 1. The number of alkyl halides is 3. The van der Waals surface area contributed by atoms with Gasteiger partial charge in [0.2, 0.25) is 0 Å². The monoisotopic (exact) mass is 323 g/mol. The highest BCUT2D eigenvalue weighted by Gasteiger charge is 2.28. The van der Waals surface area contributed by atoms with Gasteiger partial charge in [-0.1, -0.05) is 6.07 Å². The zero-order valence-corrected chi connectivity index (χ0v) is 11.1. The van der Waals surface area contributed by atoms with Crippen LogP contribution in [0.25, 0.3) is 0 Å². The molecule has 0 aliphatic heterocycles. The van der Waals surface area contributed by atoms with Gasteiger partial charge in [0, 0.05) is 12.6 Å². The number of benzene rings is 1. The number of hydrogen-bond donors (Lipinski definition) is 1. The number of halogens is 4. The van der Waals surface area contributed by atoms with Crippen LogP contribution < -0.4 is 10.1 Å². The van der Waals surface area contributed by atoms with E-state index in [2.05, 4.69) is 21.2 Å². The van der Waals surface area contributed by atoms with E-state index in [1.165, 1.54) is 12.8 Å². The van der Waals surface area contributed by atoms with Gasteiger partial charge in [-0.15, -0.1) is 0 Å². The van der Waals surface area contributed by atoms with Crippen molar-refractivity contribution >= 4 is 15.9 Å². The van der Waals surface area contributed by atoms with Crippen molar-refractivity contribution in [2.75, 3.05) is 6.61 Å². The molecule has 0 saturated heterocycles. The average molecular weight is 324 g/mol. The minimum absolute atomic E-state index is 0.211. The van der Waals surface area contributed by atoms with Crippen molar-refractivity contribution in [1.82, 2.24) is 5.32 Å². The fourth-order valence-corrected chi connectivity index (χ4v) is 2.02. The molecule has 1 saturated carbocycles. The van der Waals surface area contributed by atoms with Gasteiger partial charge in [0.1, 0.15) is 5.75 Å². The first-order valence-electron chi connectivity index (χ1n) is 5.65. The van der Waals surface area contributed by atoms with Gasteiger partial charge >= 0.3 is 6.18 Å². The fourth-order valence-electron chi connectivity index (χ4n) is 1.48. The third-order valence-electron chi connectivity index (χ3n) is 2.56. The van der Waals surface area contributed by atoms with Crippen molar-refractivity contribution in [2.24, 2.45) is 0 Å². The summed E-state index contributed by atoms with van der Waals surface area (Å²) in [4.78, 5) is 0. The van der Waals surface area contributed by atoms with E-state index < -0.39 is 12.8 Å². The minimum Gasteiger partial charge on any atom is -0.483 e. The summed E-state index contributed by atoms with van der Waals surface area (Å²) >= 11 is 3.22. The Morgan fingerprint density at radius 1 is 1.33 bits per heavy atom. The number of rotatable bonds is 5. The second-order valence-electron chi connectivity index (χ2n) is 4.32. The smallest absolute Gasteiger partial charge is 0.422 e. The van der Waals surface area contributed by atoms with E-state index in [0.29, 0.717) is 10.5 Å². The maximum atomic E-state index is 12.0. The topological polar surface area (TPSA) is 21.3 Å². The molecule has 2 rings (SSSR count). The zero-order chi connectivity index (χ0) is 13.2. The van der Waals surface area contributed by atoms with Crippen molar-refractivity contribution in [3.8, 4) is 5.75 Å². The summed E-state index contributed by atoms with van der Waals surface area (Å²) in [7, 11) is 0.